The summed E-state index contributed by atoms with van der Waals surface area (Å²) in [5, 5.41) is 14.9. The van der Waals surface area contributed by atoms with Crippen LogP contribution in [0.1, 0.15) is 39.0 Å². The molecule has 2 rings (SSSR count). The van der Waals surface area contributed by atoms with Crippen molar-refractivity contribution in [2.24, 2.45) is 0 Å². The van der Waals surface area contributed by atoms with E-state index in [-0.39, 0.29) is 11.5 Å². The highest BCUT2D eigenvalue weighted by Crippen LogP contribution is 2.21. The van der Waals surface area contributed by atoms with Crippen molar-refractivity contribution in [3.63, 3.8) is 0 Å². The summed E-state index contributed by atoms with van der Waals surface area (Å²) in [5.74, 6) is -0.330. The second-order valence-corrected chi connectivity index (χ2v) is 6.02. The normalized spacial score (nSPS) is 14.8. The van der Waals surface area contributed by atoms with Crippen LogP contribution in [0, 0.1) is 11.3 Å². The third-order valence-corrected chi connectivity index (χ3v) is 4.15. The van der Waals surface area contributed by atoms with Gasteiger partial charge >= 0.3 is 0 Å². The first kappa shape index (κ1) is 17.9. The van der Waals surface area contributed by atoms with Crippen molar-refractivity contribution in [1.29, 1.82) is 5.26 Å². The van der Waals surface area contributed by atoms with E-state index in [1.54, 1.807) is 0 Å². The van der Waals surface area contributed by atoms with Crippen LogP contribution in [0.2, 0.25) is 0 Å². The van der Waals surface area contributed by atoms with Crippen molar-refractivity contribution in [2.45, 2.75) is 39.0 Å². The number of rotatable bonds is 7. The highest BCUT2D eigenvalue weighted by atomic mass is 16.1. The molecule has 0 atom stereocenters. The zero-order valence-corrected chi connectivity index (χ0v) is 14.3. The molecule has 1 aliphatic heterocycles. The number of piperidine rings is 1. The van der Waals surface area contributed by atoms with Crippen molar-refractivity contribution >= 4 is 17.3 Å². The monoisotopic (exact) mass is 326 g/mol. The Hall–Kier alpha value is -2.48. The summed E-state index contributed by atoms with van der Waals surface area (Å²) in [7, 11) is 0. The maximum atomic E-state index is 11.9. The van der Waals surface area contributed by atoms with Crippen molar-refractivity contribution in [3.8, 4) is 6.07 Å². The van der Waals surface area contributed by atoms with Gasteiger partial charge in [-0.2, -0.15) is 5.26 Å². The van der Waals surface area contributed by atoms with Gasteiger partial charge < -0.3 is 15.5 Å². The van der Waals surface area contributed by atoms with E-state index >= 15 is 0 Å². The van der Waals surface area contributed by atoms with E-state index in [0.29, 0.717) is 6.54 Å². The summed E-state index contributed by atoms with van der Waals surface area (Å²) in [5.41, 5.74) is 2.18. The van der Waals surface area contributed by atoms with Crippen LogP contribution in [0.4, 0.5) is 11.4 Å². The van der Waals surface area contributed by atoms with Crippen LogP contribution in [0.25, 0.3) is 0 Å². The first-order valence-corrected chi connectivity index (χ1v) is 8.74. The Morgan fingerprint density at radius 2 is 1.96 bits per heavy atom. The Balaban J connectivity index is 1.91. The number of nitrogens with one attached hydrogen (secondary N) is 2. The molecule has 0 saturated carbocycles. The predicted octanol–water partition coefficient (Wildman–Crippen LogP) is 3.41. The van der Waals surface area contributed by atoms with E-state index in [0.717, 1.165) is 31.6 Å². The number of nitriles is 1. The molecular weight excluding hydrogens is 300 g/mol. The van der Waals surface area contributed by atoms with Gasteiger partial charge in [-0.25, -0.2) is 0 Å². The van der Waals surface area contributed by atoms with Gasteiger partial charge in [-0.3, -0.25) is 4.79 Å². The van der Waals surface area contributed by atoms with Gasteiger partial charge in [0.15, 0.2) is 0 Å². The maximum absolute atomic E-state index is 11.9. The van der Waals surface area contributed by atoms with Gasteiger partial charge in [0.1, 0.15) is 11.6 Å². The van der Waals surface area contributed by atoms with Gasteiger partial charge in [0, 0.05) is 37.2 Å². The zero-order valence-electron chi connectivity index (χ0n) is 14.3. The van der Waals surface area contributed by atoms with Gasteiger partial charge in [0.05, 0.1) is 0 Å². The minimum absolute atomic E-state index is 0.0891. The fourth-order valence-electron chi connectivity index (χ4n) is 2.70. The third-order valence-electron chi connectivity index (χ3n) is 4.15. The van der Waals surface area contributed by atoms with Crippen LogP contribution in [-0.4, -0.2) is 25.5 Å². The molecule has 1 saturated heterocycles. The molecule has 1 aromatic carbocycles. The van der Waals surface area contributed by atoms with Gasteiger partial charge in [-0.1, -0.05) is 13.3 Å². The Labute approximate surface area is 144 Å². The first-order valence-electron chi connectivity index (χ1n) is 8.74. The Morgan fingerprint density at radius 3 is 2.58 bits per heavy atom. The number of carbonyl (C=O) groups is 1. The quantitative estimate of drug-likeness (QED) is 0.458. The Bertz CT molecular complexity index is 595. The van der Waals surface area contributed by atoms with Crippen LogP contribution in [-0.2, 0) is 4.79 Å². The molecule has 1 aromatic rings. The van der Waals surface area contributed by atoms with E-state index in [4.69, 9.17) is 5.26 Å². The zero-order chi connectivity index (χ0) is 17.2. The summed E-state index contributed by atoms with van der Waals surface area (Å²) in [6, 6.07) is 10.1. The van der Waals surface area contributed by atoms with E-state index < -0.39 is 0 Å². The molecule has 0 aromatic heterocycles. The molecule has 0 unspecified atom stereocenters. The number of unbranched alkanes of at least 4 members (excludes halogenated alkanes) is 1. The molecule has 24 heavy (non-hydrogen) atoms. The Kier molecular flexibility index (Phi) is 7.16. The van der Waals surface area contributed by atoms with Gasteiger partial charge in [-0.15, -0.1) is 0 Å². The maximum Gasteiger partial charge on any atom is 0.263 e. The SMILES string of the molecule is CCCCNC(=O)/C(C#N)=C\Nc1ccc(N2CCCCC2)cc1. The third kappa shape index (κ3) is 5.31. The molecule has 0 spiro atoms. The number of hydrogen-bond acceptors (Lipinski definition) is 4. The number of hydrogen-bond donors (Lipinski definition) is 2. The molecule has 5 heteroatoms. The minimum Gasteiger partial charge on any atom is -0.372 e. The van der Waals surface area contributed by atoms with Crippen molar-refractivity contribution in [1.82, 2.24) is 5.32 Å². The summed E-state index contributed by atoms with van der Waals surface area (Å²) in [6.07, 6.45) is 7.21. The van der Waals surface area contributed by atoms with E-state index in [1.807, 2.05) is 18.2 Å². The van der Waals surface area contributed by atoms with Crippen molar-refractivity contribution < 1.29 is 4.79 Å². The highest BCUT2D eigenvalue weighted by Gasteiger charge is 2.11. The largest absolute Gasteiger partial charge is 0.372 e. The van der Waals surface area contributed by atoms with E-state index in [1.165, 1.54) is 31.1 Å². The number of anilines is 2. The van der Waals surface area contributed by atoms with Crippen LogP contribution >= 0.6 is 0 Å². The summed E-state index contributed by atoms with van der Waals surface area (Å²) in [4.78, 5) is 14.3. The molecule has 1 heterocycles. The van der Waals surface area contributed by atoms with Gasteiger partial charge in [-0.05, 0) is 49.9 Å². The second-order valence-electron chi connectivity index (χ2n) is 6.02. The number of benzene rings is 1. The summed E-state index contributed by atoms with van der Waals surface area (Å²) < 4.78 is 0. The molecule has 1 amide bonds. The van der Waals surface area contributed by atoms with Gasteiger partial charge in [0.2, 0.25) is 0 Å². The lowest BCUT2D eigenvalue weighted by atomic mass is 10.1. The number of carbonyl (C=O) groups excluding carboxylic acids is 1. The van der Waals surface area contributed by atoms with Crippen LogP contribution in [0.15, 0.2) is 36.0 Å². The first-order chi connectivity index (χ1) is 11.7. The molecular formula is C19H26N4O. The molecule has 0 bridgehead atoms. The fraction of sp³-hybridized carbons (Fsp3) is 0.474. The molecule has 0 radical (unpaired) electrons. The average molecular weight is 326 g/mol. The van der Waals surface area contributed by atoms with Crippen LogP contribution in [0.3, 0.4) is 0 Å². The lowest BCUT2D eigenvalue weighted by molar-refractivity contribution is -0.117. The van der Waals surface area contributed by atoms with Crippen LogP contribution < -0.4 is 15.5 Å². The minimum atomic E-state index is -0.330. The smallest absolute Gasteiger partial charge is 0.263 e. The second kappa shape index (κ2) is 9.61. The average Bonchev–Trinajstić information content (AvgIpc) is 2.64. The van der Waals surface area contributed by atoms with Crippen molar-refractivity contribution in [2.75, 3.05) is 29.9 Å². The van der Waals surface area contributed by atoms with E-state index in [2.05, 4.69) is 34.6 Å². The molecule has 2 N–H and O–H groups in total. The fourth-order valence-corrected chi connectivity index (χ4v) is 2.70. The van der Waals surface area contributed by atoms with Crippen LogP contribution in [0.5, 0.6) is 0 Å². The predicted molar refractivity (Wildman–Crippen MR) is 97.7 cm³/mol. The van der Waals surface area contributed by atoms with E-state index in [9.17, 15) is 4.79 Å². The molecule has 1 fully saturated rings. The van der Waals surface area contributed by atoms with Gasteiger partial charge in [0.25, 0.3) is 5.91 Å². The molecule has 0 aliphatic carbocycles. The lowest BCUT2D eigenvalue weighted by Crippen LogP contribution is -2.29. The number of amides is 1. The summed E-state index contributed by atoms with van der Waals surface area (Å²) >= 11 is 0. The molecule has 128 valence electrons. The topological polar surface area (TPSA) is 68.2 Å². The standard InChI is InChI=1S/C19H26N4O/c1-2-3-11-21-19(24)16(14-20)15-22-17-7-9-18(10-8-17)23-12-5-4-6-13-23/h7-10,15,22H,2-6,11-13H2,1H3,(H,21,24)/b16-15-. The van der Waals surface area contributed by atoms with Crippen molar-refractivity contribution in [3.05, 3.63) is 36.0 Å². The highest BCUT2D eigenvalue weighted by molar-refractivity contribution is 5.97. The Morgan fingerprint density at radius 1 is 1.25 bits per heavy atom. The molecule has 1 aliphatic rings. The molecule has 5 nitrogen and oxygen atoms in total. The summed E-state index contributed by atoms with van der Waals surface area (Å²) in [6.45, 7) is 4.88. The lowest BCUT2D eigenvalue weighted by Gasteiger charge is -2.28. The number of nitrogens with zero attached hydrogens (tertiary/aromatic N) is 2.